The third-order valence-corrected chi connectivity index (χ3v) is 27.7. The summed E-state index contributed by atoms with van der Waals surface area (Å²) in [5.74, 6) is -0.889. The molecule has 4 aliphatic carbocycles. The van der Waals surface area contributed by atoms with Gasteiger partial charge in [-0.05, 0) is 143 Å². The molecule has 0 aromatic rings. The van der Waals surface area contributed by atoms with E-state index in [9.17, 15) is 98.7 Å². The van der Waals surface area contributed by atoms with Gasteiger partial charge < -0.3 is 157 Å². The standard InChI is InChI=1S/C95H164N12O31.2C2H6.2CH4/c1-10-11-13-24-68(106-75(117)25-14-12-15-40-102-92(128)135-63-33-38-93(8)62(53-63)29-30-64-66-32-31-65(58(4)23-16-22-57(2)3)94(66,9)39-34-67(64)93)85(124)107-95(56-131-52-37-74(116)101-46-45-100-71(113)28-19-49-134-91-78(105-61(7)110)81(120)84(123)88(127)138-91,54-129-50-35-72(114)98-43-20-41-96-69(111)26-17-47-132-89-76(103-59(5)108)79(118)82(121)86(125)136-89)55-130-51-36-73(115)99-44-21-42-97-70(112)27-18-48-133-90-77(104-60(6)109)80(119)83(122)87(126)137-90;2*1-2;;/h29,57-58,63-68,76-84,86-91,118-123,125-127H,10-28,30-56H2,1-9H3,(H,96,111)(H,97,112)(H,98,114)(H,99,115)(H,100,113)(H,101,116)(H,102,128)(H,103,108)(H,104,109)(H,105,110)(H,106,117)(H,107,124);2*1-2H3;2*1H4/t58-,63+,64+,65-,66+,67+,68-,76-,77-,78-,79-,80-,81-,82-,83-,84-,86+,87+,88+,89?,90?,91?,93+,94-,95?;;;;/m1..../s1. The molecule has 12 amide bonds. The number of aliphatic hydroxyl groups excluding tert-OH is 9. The second-order valence-corrected chi connectivity index (χ2v) is 39.1. The van der Waals surface area contributed by atoms with Crippen molar-refractivity contribution in [2.24, 2.45) is 46.3 Å². The van der Waals surface area contributed by atoms with Crippen molar-refractivity contribution in [1.82, 2.24) is 63.8 Å². The van der Waals surface area contributed by atoms with Crippen molar-refractivity contribution >= 4 is 71.1 Å². The first-order valence-electron chi connectivity index (χ1n) is 52.1. The first-order chi connectivity index (χ1) is 67.8. The van der Waals surface area contributed by atoms with E-state index in [1.54, 1.807) is 0 Å². The lowest BCUT2D eigenvalue weighted by atomic mass is 9.47. The number of amides is 12. The number of alkyl carbamates (subject to hydrolysis) is 1. The van der Waals surface area contributed by atoms with Crippen molar-refractivity contribution in [1.29, 1.82) is 0 Å². The number of hydrogen-bond acceptors (Lipinski definition) is 31. The first-order valence-corrected chi connectivity index (χ1v) is 52.1. The second kappa shape index (κ2) is 69.7. The molecule has 0 aromatic heterocycles. The van der Waals surface area contributed by atoms with E-state index in [1.165, 1.54) is 71.3 Å². The van der Waals surface area contributed by atoms with Crippen LogP contribution < -0.4 is 63.8 Å². The molecule has 43 nitrogen and oxygen atoms in total. The Hall–Kier alpha value is -7.54. The molecule has 0 bridgehead atoms. The van der Waals surface area contributed by atoms with Crippen LogP contribution in [0.4, 0.5) is 4.79 Å². The molecule has 6 fully saturated rings. The zero-order valence-electron chi connectivity index (χ0n) is 86.4. The van der Waals surface area contributed by atoms with E-state index < -0.39 is 183 Å². The van der Waals surface area contributed by atoms with Crippen LogP contribution in [0.15, 0.2) is 11.6 Å². The number of carbonyl (C=O) groups excluding carboxylic acids is 12. The molecule has 43 heteroatoms. The molecule has 834 valence electrons. The highest BCUT2D eigenvalue weighted by molar-refractivity contribution is 5.88. The lowest BCUT2D eigenvalue weighted by Crippen LogP contribution is -2.63. The lowest BCUT2D eigenvalue weighted by molar-refractivity contribution is -0.315. The fraction of sp³-hybridized carbons (Fsp3) is 0.861. The molecule has 3 aliphatic heterocycles. The molecule has 21 N–H and O–H groups in total. The molecular formula is C101H184N12O31. The van der Waals surface area contributed by atoms with Crippen molar-refractivity contribution in [3.8, 4) is 0 Å². The Morgan fingerprint density at radius 3 is 1.26 bits per heavy atom. The average molecular weight is 2060 g/mol. The normalized spacial score (nSPS) is 28.0. The number of fused-ring (bicyclic) bond motifs is 5. The third kappa shape index (κ3) is 44.7. The minimum absolute atomic E-state index is 0. The van der Waals surface area contributed by atoms with E-state index in [-0.39, 0.29) is 188 Å². The molecule has 7 aliphatic rings. The van der Waals surface area contributed by atoms with Crippen LogP contribution in [0.25, 0.3) is 0 Å². The Morgan fingerprint density at radius 1 is 0.431 bits per heavy atom. The molecule has 3 saturated carbocycles. The van der Waals surface area contributed by atoms with Crippen molar-refractivity contribution in [2.75, 3.05) is 105 Å². The van der Waals surface area contributed by atoms with Gasteiger partial charge in [0.1, 0.15) is 72.4 Å². The summed E-state index contributed by atoms with van der Waals surface area (Å²) < 4.78 is 57.2. The van der Waals surface area contributed by atoms with Crippen molar-refractivity contribution in [2.45, 2.75) is 408 Å². The highest BCUT2D eigenvalue weighted by atomic mass is 16.8. The molecule has 24 atom stereocenters. The molecular weight excluding hydrogens is 1880 g/mol. The molecule has 3 unspecified atom stereocenters. The van der Waals surface area contributed by atoms with Crippen LogP contribution in [0.1, 0.15) is 297 Å². The number of aliphatic hydroxyl groups is 9. The van der Waals surface area contributed by atoms with E-state index in [1.807, 2.05) is 34.6 Å². The second-order valence-electron chi connectivity index (χ2n) is 39.1. The molecule has 0 aromatic carbocycles. The predicted octanol–water partition coefficient (Wildman–Crippen LogP) is 3.72. The maximum absolute atomic E-state index is 15.1. The largest absolute Gasteiger partial charge is 0.446 e. The Kier molecular flexibility index (Phi) is 63.2. The Morgan fingerprint density at radius 2 is 0.840 bits per heavy atom. The summed E-state index contributed by atoms with van der Waals surface area (Å²) in [7, 11) is 0. The first kappa shape index (κ1) is 131. The van der Waals surface area contributed by atoms with Crippen LogP contribution >= 0.6 is 0 Å². The monoisotopic (exact) mass is 2060 g/mol. The van der Waals surface area contributed by atoms with E-state index in [0.29, 0.717) is 68.7 Å². The maximum Gasteiger partial charge on any atom is 0.407 e. The summed E-state index contributed by atoms with van der Waals surface area (Å²) in [5, 5.41) is 124. The van der Waals surface area contributed by atoms with Crippen molar-refractivity contribution in [3.63, 3.8) is 0 Å². The van der Waals surface area contributed by atoms with Gasteiger partial charge in [0.25, 0.3) is 0 Å². The van der Waals surface area contributed by atoms with Crippen LogP contribution in [-0.4, -0.2) is 332 Å². The average Bonchev–Trinajstić information content (AvgIpc) is 1.46. The van der Waals surface area contributed by atoms with Crippen molar-refractivity contribution < 1.29 is 151 Å². The van der Waals surface area contributed by atoms with E-state index in [0.717, 1.165) is 55.8 Å². The van der Waals surface area contributed by atoms with Crippen molar-refractivity contribution in [3.05, 3.63) is 11.6 Å². The smallest absolute Gasteiger partial charge is 0.407 e. The number of unbranched alkanes of at least 4 members (excludes halogenated alkanes) is 4. The summed E-state index contributed by atoms with van der Waals surface area (Å²) in [4.78, 5) is 156. The maximum atomic E-state index is 15.1. The fourth-order valence-corrected chi connectivity index (χ4v) is 20.2. The summed E-state index contributed by atoms with van der Waals surface area (Å²) in [5.41, 5.74) is 0.275. The Labute approximate surface area is 852 Å². The van der Waals surface area contributed by atoms with Gasteiger partial charge in [-0.1, -0.05) is 141 Å². The molecule has 3 heterocycles. The summed E-state index contributed by atoms with van der Waals surface area (Å²) in [6.45, 7) is 24.5. The Bertz CT molecular complexity index is 3710. The molecule has 0 radical (unpaired) electrons. The number of ether oxygens (including phenoxy) is 10. The minimum Gasteiger partial charge on any atom is -0.446 e. The highest BCUT2D eigenvalue weighted by Gasteiger charge is 2.60. The quantitative estimate of drug-likeness (QED) is 0.0305. The number of hydrogen-bond donors (Lipinski definition) is 21. The summed E-state index contributed by atoms with van der Waals surface area (Å²) in [6, 6.07) is -4.74. The number of carbonyl (C=O) groups is 12. The van der Waals surface area contributed by atoms with Gasteiger partial charge in [0.05, 0.1) is 59.5 Å². The van der Waals surface area contributed by atoms with Crippen LogP contribution in [-0.2, 0) is 100 Å². The van der Waals surface area contributed by atoms with Crippen LogP contribution in [0.3, 0.4) is 0 Å². The molecule has 3 saturated heterocycles. The van der Waals surface area contributed by atoms with E-state index in [4.69, 9.17) is 47.4 Å². The zero-order valence-corrected chi connectivity index (χ0v) is 86.4. The molecule has 0 spiro atoms. The Balaban J connectivity index is 0.00000877. The van der Waals surface area contributed by atoms with E-state index >= 15 is 4.79 Å². The number of rotatable bonds is 63. The number of allylic oxidation sites excluding steroid dienone is 1. The van der Waals surface area contributed by atoms with Gasteiger partial charge in [0.15, 0.2) is 37.7 Å². The zero-order chi connectivity index (χ0) is 105. The van der Waals surface area contributed by atoms with Gasteiger partial charge >= 0.3 is 6.09 Å². The summed E-state index contributed by atoms with van der Waals surface area (Å²) in [6.07, 6.45) is -0.602. The SMILES string of the molecule is C.C.CC.CC.CCCCC[C@@H](NC(=O)CCCCCNC(=O)O[C@H]1CC[C@@]2(C)C(=CC[C@H]3[C@@H]4CC[C@H]([C@H](C)CCCC(C)C)[C@@]4(C)CC[C@@H]32)C1)C(=O)NC(COCCC(=O)NCCCNC(=O)CCCOC1O[C@H](O)[C@H](O)[C@H](O)[C@H]1NC(C)=O)(COCCC(=O)NCCCNC(=O)CCCOC1O[C@H](O)[C@H](O)[C@H](O)[C@H]1NC(C)=O)COCCC(=O)NCCNC(=O)CCCOC1O[C@H](O)[C@H](O)[C@H](O)[C@H]1NC(C)=O. The minimum atomic E-state index is -1.81. The lowest BCUT2D eigenvalue weighted by Gasteiger charge is -2.58. The summed E-state index contributed by atoms with van der Waals surface area (Å²) >= 11 is 0. The third-order valence-electron chi connectivity index (χ3n) is 27.7. The van der Waals surface area contributed by atoms with Gasteiger partial charge in [-0.15, -0.1) is 0 Å². The fourth-order valence-electron chi connectivity index (χ4n) is 20.2. The highest BCUT2D eigenvalue weighted by Crippen LogP contribution is 2.67. The topological polar surface area (TPSA) is 624 Å². The van der Waals surface area contributed by atoms with Gasteiger partial charge in [0.2, 0.25) is 65.0 Å². The van der Waals surface area contributed by atoms with Crippen LogP contribution in [0, 0.1) is 46.3 Å². The van der Waals surface area contributed by atoms with Crippen LogP contribution in [0.5, 0.6) is 0 Å². The number of nitrogens with one attached hydrogen (secondary N) is 12. The van der Waals surface area contributed by atoms with Gasteiger partial charge in [0, 0.05) is 118 Å². The molecule has 7 rings (SSSR count). The molecule has 144 heavy (non-hydrogen) atoms. The van der Waals surface area contributed by atoms with Gasteiger partial charge in [-0.2, -0.15) is 0 Å². The van der Waals surface area contributed by atoms with Crippen LogP contribution in [0.2, 0.25) is 0 Å². The van der Waals surface area contributed by atoms with Gasteiger partial charge in [-0.25, -0.2) is 4.79 Å². The van der Waals surface area contributed by atoms with E-state index in [2.05, 4.69) is 104 Å². The predicted molar refractivity (Wildman–Crippen MR) is 534 cm³/mol. The van der Waals surface area contributed by atoms with Gasteiger partial charge in [-0.3, -0.25) is 52.7 Å².